The molecule has 2 aliphatic heterocycles. The largest absolute Gasteiger partial charge is 0.350 e. The Morgan fingerprint density at radius 3 is 2.95 bits per heavy atom. The summed E-state index contributed by atoms with van der Waals surface area (Å²) in [6.45, 7) is 1.94. The second-order valence-electron chi connectivity index (χ2n) is 5.50. The van der Waals surface area contributed by atoms with Crippen LogP contribution in [0.2, 0.25) is 0 Å². The van der Waals surface area contributed by atoms with Gasteiger partial charge in [0, 0.05) is 18.9 Å². The van der Waals surface area contributed by atoms with Crippen molar-refractivity contribution in [1.82, 2.24) is 25.4 Å². The molecule has 21 heavy (non-hydrogen) atoms. The Hall–Kier alpha value is -1.28. The number of carbonyl (C=O) groups excluding carboxylic acids is 1. The van der Waals surface area contributed by atoms with E-state index in [-0.39, 0.29) is 24.4 Å². The Bertz CT molecular complexity index is 536. The van der Waals surface area contributed by atoms with Gasteiger partial charge < -0.3 is 5.32 Å². The van der Waals surface area contributed by atoms with Crippen molar-refractivity contribution in [3.8, 4) is 0 Å². The number of nitrogens with one attached hydrogen (secondary N) is 2. The first-order valence-corrected chi connectivity index (χ1v) is 6.75. The van der Waals surface area contributed by atoms with E-state index in [0.29, 0.717) is 12.4 Å². The van der Waals surface area contributed by atoms with Crippen LogP contribution in [-0.2, 0) is 17.8 Å². The van der Waals surface area contributed by atoms with Gasteiger partial charge in [-0.15, -0.1) is 12.4 Å². The minimum absolute atomic E-state index is 0. The lowest BCUT2D eigenvalue weighted by atomic mass is 10.1. The van der Waals surface area contributed by atoms with Gasteiger partial charge in [0.1, 0.15) is 11.6 Å². The predicted octanol–water partition coefficient (Wildman–Crippen LogP) is 0.437. The molecule has 6 nitrogen and oxygen atoms in total. The molecular formula is C12H18ClF2N5O. The molecule has 3 heterocycles. The normalized spacial score (nSPS) is 26.8. The van der Waals surface area contributed by atoms with Crippen molar-refractivity contribution in [1.29, 1.82) is 0 Å². The third-order valence-corrected chi connectivity index (χ3v) is 3.74. The first-order chi connectivity index (χ1) is 9.43. The zero-order chi connectivity index (χ0) is 14.3. The standard InChI is InChI=1S/C12H17F2N5O.ClH/c1-7-16-10-3-2-8(5-19(10)18-7)17-11(20)9-4-12(13,14)6-15-9;/h8-9,15H,2-6H2,1H3,(H,17,20);1H. The molecule has 0 aromatic carbocycles. The number of amides is 1. The van der Waals surface area contributed by atoms with Gasteiger partial charge in [0.05, 0.1) is 19.1 Å². The molecule has 0 saturated carbocycles. The molecule has 2 N–H and O–H groups in total. The summed E-state index contributed by atoms with van der Waals surface area (Å²) < 4.78 is 27.9. The van der Waals surface area contributed by atoms with Gasteiger partial charge >= 0.3 is 0 Å². The highest BCUT2D eigenvalue weighted by molar-refractivity contribution is 5.85. The zero-order valence-corrected chi connectivity index (χ0v) is 12.4. The Kier molecular flexibility index (Phi) is 4.48. The lowest BCUT2D eigenvalue weighted by Crippen LogP contribution is -2.48. The molecule has 0 radical (unpaired) electrons. The molecule has 2 unspecified atom stereocenters. The zero-order valence-electron chi connectivity index (χ0n) is 11.6. The van der Waals surface area contributed by atoms with Gasteiger partial charge in [0.15, 0.2) is 0 Å². The van der Waals surface area contributed by atoms with Crippen LogP contribution in [0.4, 0.5) is 8.78 Å². The third kappa shape index (κ3) is 3.49. The topological polar surface area (TPSA) is 71.8 Å². The van der Waals surface area contributed by atoms with Gasteiger partial charge in [-0.2, -0.15) is 5.10 Å². The minimum Gasteiger partial charge on any atom is -0.350 e. The second kappa shape index (κ2) is 5.84. The van der Waals surface area contributed by atoms with E-state index >= 15 is 0 Å². The smallest absolute Gasteiger partial charge is 0.262 e. The third-order valence-electron chi connectivity index (χ3n) is 3.74. The molecule has 0 bridgehead atoms. The lowest BCUT2D eigenvalue weighted by molar-refractivity contribution is -0.124. The molecule has 2 aliphatic rings. The fourth-order valence-electron chi connectivity index (χ4n) is 2.75. The van der Waals surface area contributed by atoms with E-state index in [0.717, 1.165) is 18.7 Å². The molecule has 2 atom stereocenters. The number of carbonyl (C=O) groups is 1. The maximum absolute atomic E-state index is 13.1. The first-order valence-electron chi connectivity index (χ1n) is 6.75. The number of aromatic nitrogens is 3. The summed E-state index contributed by atoms with van der Waals surface area (Å²) in [4.78, 5) is 16.3. The lowest BCUT2D eigenvalue weighted by Gasteiger charge is -2.24. The summed E-state index contributed by atoms with van der Waals surface area (Å²) in [5, 5.41) is 9.64. The Morgan fingerprint density at radius 1 is 1.52 bits per heavy atom. The van der Waals surface area contributed by atoms with E-state index in [1.807, 2.05) is 6.92 Å². The van der Waals surface area contributed by atoms with E-state index in [4.69, 9.17) is 0 Å². The molecule has 1 saturated heterocycles. The maximum atomic E-state index is 13.1. The minimum atomic E-state index is -2.79. The van der Waals surface area contributed by atoms with Gasteiger partial charge in [0.2, 0.25) is 5.91 Å². The SMILES string of the molecule is Cc1nc2n(n1)CC(NC(=O)C1CC(F)(F)CN1)CC2.Cl. The fourth-order valence-corrected chi connectivity index (χ4v) is 2.75. The highest BCUT2D eigenvalue weighted by Gasteiger charge is 2.42. The van der Waals surface area contributed by atoms with Crippen LogP contribution in [-0.4, -0.2) is 45.2 Å². The average Bonchev–Trinajstić information content (AvgIpc) is 2.90. The van der Waals surface area contributed by atoms with E-state index < -0.39 is 24.9 Å². The Balaban J connectivity index is 0.00000161. The molecular weight excluding hydrogens is 304 g/mol. The number of nitrogens with zero attached hydrogens (tertiary/aromatic N) is 3. The summed E-state index contributed by atoms with van der Waals surface area (Å²) in [5.74, 6) is -1.51. The van der Waals surface area contributed by atoms with Crippen LogP contribution in [0.15, 0.2) is 0 Å². The summed E-state index contributed by atoms with van der Waals surface area (Å²) in [6.07, 6.45) is 1.06. The first kappa shape index (κ1) is 16.1. The number of fused-ring (bicyclic) bond motifs is 1. The second-order valence-corrected chi connectivity index (χ2v) is 5.50. The van der Waals surface area contributed by atoms with Crippen molar-refractivity contribution < 1.29 is 13.6 Å². The number of hydrogen-bond acceptors (Lipinski definition) is 4. The van der Waals surface area contributed by atoms with Crippen LogP contribution in [0.1, 0.15) is 24.5 Å². The van der Waals surface area contributed by atoms with Crippen LogP contribution < -0.4 is 10.6 Å². The van der Waals surface area contributed by atoms with Crippen LogP contribution >= 0.6 is 12.4 Å². The van der Waals surface area contributed by atoms with E-state index in [9.17, 15) is 13.6 Å². The molecule has 1 fully saturated rings. The molecule has 1 amide bonds. The Morgan fingerprint density at radius 2 is 2.29 bits per heavy atom. The van der Waals surface area contributed by atoms with Crippen molar-refractivity contribution in [2.75, 3.05) is 6.54 Å². The molecule has 1 aromatic rings. The van der Waals surface area contributed by atoms with Crippen LogP contribution in [0.25, 0.3) is 0 Å². The van der Waals surface area contributed by atoms with Crippen molar-refractivity contribution in [3.05, 3.63) is 11.6 Å². The molecule has 1 aromatic heterocycles. The average molecular weight is 322 g/mol. The van der Waals surface area contributed by atoms with Gasteiger partial charge in [-0.3, -0.25) is 10.1 Å². The van der Waals surface area contributed by atoms with Crippen molar-refractivity contribution >= 4 is 18.3 Å². The molecule has 0 aliphatic carbocycles. The van der Waals surface area contributed by atoms with Crippen LogP contribution in [0.5, 0.6) is 0 Å². The van der Waals surface area contributed by atoms with Crippen LogP contribution in [0, 0.1) is 6.92 Å². The quantitative estimate of drug-likeness (QED) is 0.829. The highest BCUT2D eigenvalue weighted by atomic mass is 35.5. The number of hydrogen-bond donors (Lipinski definition) is 2. The molecule has 0 spiro atoms. The van der Waals surface area contributed by atoms with Gasteiger partial charge in [-0.25, -0.2) is 18.4 Å². The Labute approximate surface area is 127 Å². The predicted molar refractivity (Wildman–Crippen MR) is 73.6 cm³/mol. The van der Waals surface area contributed by atoms with Crippen LogP contribution in [0.3, 0.4) is 0 Å². The number of aryl methyl sites for hydroxylation is 2. The van der Waals surface area contributed by atoms with E-state index in [2.05, 4.69) is 20.7 Å². The van der Waals surface area contributed by atoms with Crippen molar-refractivity contribution in [3.63, 3.8) is 0 Å². The number of halogens is 3. The number of rotatable bonds is 2. The molecule has 3 rings (SSSR count). The monoisotopic (exact) mass is 321 g/mol. The summed E-state index contributed by atoms with van der Waals surface area (Å²) in [6, 6.07) is -0.879. The van der Waals surface area contributed by atoms with E-state index in [1.54, 1.807) is 4.68 Å². The number of alkyl halides is 2. The van der Waals surface area contributed by atoms with Crippen molar-refractivity contribution in [2.24, 2.45) is 0 Å². The summed E-state index contributed by atoms with van der Waals surface area (Å²) in [5.41, 5.74) is 0. The van der Waals surface area contributed by atoms with Crippen molar-refractivity contribution in [2.45, 2.75) is 50.7 Å². The highest BCUT2D eigenvalue weighted by Crippen LogP contribution is 2.25. The van der Waals surface area contributed by atoms with Gasteiger partial charge in [0.25, 0.3) is 5.92 Å². The molecule has 9 heteroatoms. The maximum Gasteiger partial charge on any atom is 0.262 e. The van der Waals surface area contributed by atoms with Gasteiger partial charge in [-0.05, 0) is 13.3 Å². The fraction of sp³-hybridized carbons (Fsp3) is 0.750. The molecule has 118 valence electrons. The van der Waals surface area contributed by atoms with E-state index in [1.165, 1.54) is 0 Å². The summed E-state index contributed by atoms with van der Waals surface area (Å²) in [7, 11) is 0. The van der Waals surface area contributed by atoms with Gasteiger partial charge in [-0.1, -0.05) is 0 Å². The summed E-state index contributed by atoms with van der Waals surface area (Å²) >= 11 is 0.